The number of benzodiazepines with no additional fused rings is 1. The number of hydrogen-bond acceptors (Lipinski definition) is 4. The summed E-state index contributed by atoms with van der Waals surface area (Å²) in [5.74, 6) is -0.517. The van der Waals surface area contributed by atoms with Gasteiger partial charge in [0.1, 0.15) is 6.54 Å². The van der Waals surface area contributed by atoms with E-state index in [0.29, 0.717) is 30.2 Å². The molecule has 2 aromatic carbocycles. The summed E-state index contributed by atoms with van der Waals surface area (Å²) in [4.78, 5) is 47.7. The maximum atomic E-state index is 13.7. The second kappa shape index (κ2) is 10.7. The highest BCUT2D eigenvalue weighted by atomic mass is 16.2. The van der Waals surface area contributed by atoms with Crippen LogP contribution in [0.5, 0.6) is 0 Å². The van der Waals surface area contributed by atoms with Crippen molar-refractivity contribution in [2.24, 2.45) is 4.99 Å². The SMILES string of the molecule is CC1=NC(NC(=O)Nc2cccc(C)c2)C(=O)N(CC(=O)N2CCCCCC2)c2c(C)cccc21. The number of rotatable bonds is 4. The van der Waals surface area contributed by atoms with E-state index in [0.717, 1.165) is 42.4 Å². The van der Waals surface area contributed by atoms with Crippen LogP contribution in [0.25, 0.3) is 0 Å². The number of carbonyl (C=O) groups excluding carboxylic acids is 3. The molecule has 1 fully saturated rings. The highest BCUT2D eigenvalue weighted by molar-refractivity contribution is 6.14. The Morgan fingerprint density at radius 3 is 2.43 bits per heavy atom. The summed E-state index contributed by atoms with van der Waals surface area (Å²) in [6.45, 7) is 7.00. The van der Waals surface area contributed by atoms with Crippen molar-refractivity contribution in [2.75, 3.05) is 29.9 Å². The summed E-state index contributed by atoms with van der Waals surface area (Å²) < 4.78 is 0. The van der Waals surface area contributed by atoms with Gasteiger partial charge in [-0.05, 0) is 56.9 Å². The molecular formula is C27H33N5O3. The topological polar surface area (TPSA) is 94.1 Å². The van der Waals surface area contributed by atoms with Crippen molar-refractivity contribution in [3.8, 4) is 0 Å². The molecule has 4 rings (SSSR count). The van der Waals surface area contributed by atoms with Crippen molar-refractivity contribution >= 4 is 34.9 Å². The van der Waals surface area contributed by atoms with Crippen LogP contribution in [0.2, 0.25) is 0 Å². The zero-order valence-electron chi connectivity index (χ0n) is 20.6. The smallest absolute Gasteiger partial charge is 0.321 e. The van der Waals surface area contributed by atoms with Gasteiger partial charge in [0, 0.05) is 30.1 Å². The zero-order valence-corrected chi connectivity index (χ0v) is 20.6. The molecule has 184 valence electrons. The van der Waals surface area contributed by atoms with E-state index in [1.165, 1.54) is 4.90 Å². The van der Waals surface area contributed by atoms with Gasteiger partial charge >= 0.3 is 6.03 Å². The number of benzene rings is 2. The number of anilines is 2. The zero-order chi connectivity index (χ0) is 24.9. The van der Waals surface area contributed by atoms with Gasteiger partial charge in [0.15, 0.2) is 0 Å². The highest BCUT2D eigenvalue weighted by Gasteiger charge is 2.34. The number of aryl methyl sites for hydroxylation is 2. The largest absolute Gasteiger partial charge is 0.341 e. The van der Waals surface area contributed by atoms with E-state index in [9.17, 15) is 14.4 Å². The molecule has 1 unspecified atom stereocenters. The summed E-state index contributed by atoms with van der Waals surface area (Å²) in [5, 5.41) is 5.47. The number of nitrogens with one attached hydrogen (secondary N) is 2. The van der Waals surface area contributed by atoms with E-state index in [1.807, 2.05) is 62.1 Å². The van der Waals surface area contributed by atoms with Gasteiger partial charge in [0.2, 0.25) is 12.1 Å². The molecule has 1 atom stereocenters. The fourth-order valence-corrected chi connectivity index (χ4v) is 4.71. The molecule has 2 aliphatic rings. The number of urea groups is 1. The summed E-state index contributed by atoms with van der Waals surface area (Å²) in [7, 11) is 0. The second-order valence-electron chi connectivity index (χ2n) is 9.28. The standard InChI is InChI=1S/C27H33N5O3/c1-18-10-8-12-21(16-18)29-27(35)30-25-26(34)32(17-23(33)31-14-6-4-5-7-15-31)24-19(2)11-9-13-22(24)20(3)28-25/h8-13,16,25H,4-7,14-15,17H2,1-3H3,(H2,29,30,35). The number of carbonyl (C=O) groups is 3. The molecule has 1 saturated heterocycles. The van der Waals surface area contributed by atoms with Gasteiger partial charge < -0.3 is 15.5 Å². The van der Waals surface area contributed by atoms with Crippen LogP contribution in [0.1, 0.15) is 49.3 Å². The molecule has 0 bridgehead atoms. The van der Waals surface area contributed by atoms with Crippen molar-refractivity contribution in [3.63, 3.8) is 0 Å². The van der Waals surface area contributed by atoms with Crippen LogP contribution in [0, 0.1) is 13.8 Å². The van der Waals surface area contributed by atoms with Gasteiger partial charge in [-0.1, -0.05) is 43.2 Å². The van der Waals surface area contributed by atoms with Crippen LogP contribution >= 0.6 is 0 Å². The average Bonchev–Trinajstić information content (AvgIpc) is 3.15. The summed E-state index contributed by atoms with van der Waals surface area (Å²) >= 11 is 0. The Kier molecular flexibility index (Phi) is 7.48. The molecule has 4 amide bonds. The predicted octanol–water partition coefficient (Wildman–Crippen LogP) is 4.01. The van der Waals surface area contributed by atoms with E-state index in [2.05, 4.69) is 15.6 Å². The lowest BCUT2D eigenvalue weighted by molar-refractivity contribution is -0.131. The molecule has 0 radical (unpaired) electrons. The molecule has 2 N–H and O–H groups in total. The van der Waals surface area contributed by atoms with Gasteiger partial charge in [-0.15, -0.1) is 0 Å². The molecule has 8 heteroatoms. The first-order valence-corrected chi connectivity index (χ1v) is 12.2. The van der Waals surface area contributed by atoms with Crippen LogP contribution < -0.4 is 15.5 Å². The first-order chi connectivity index (χ1) is 16.8. The first-order valence-electron chi connectivity index (χ1n) is 12.2. The number of aliphatic imine (C=N–C) groups is 1. The van der Waals surface area contributed by atoms with E-state index in [4.69, 9.17) is 0 Å². The van der Waals surface area contributed by atoms with E-state index in [-0.39, 0.29) is 12.5 Å². The van der Waals surface area contributed by atoms with Crippen LogP contribution in [-0.2, 0) is 9.59 Å². The van der Waals surface area contributed by atoms with Crippen molar-refractivity contribution < 1.29 is 14.4 Å². The lowest BCUT2D eigenvalue weighted by Crippen LogP contribution is -2.51. The van der Waals surface area contributed by atoms with E-state index in [1.54, 1.807) is 6.07 Å². The molecule has 2 heterocycles. The Morgan fingerprint density at radius 1 is 1.00 bits per heavy atom. The normalized spacial score (nSPS) is 18.2. The third kappa shape index (κ3) is 5.70. The molecule has 35 heavy (non-hydrogen) atoms. The van der Waals surface area contributed by atoms with E-state index >= 15 is 0 Å². The van der Waals surface area contributed by atoms with Gasteiger partial charge in [-0.2, -0.15) is 0 Å². The van der Waals surface area contributed by atoms with Crippen molar-refractivity contribution in [3.05, 3.63) is 59.2 Å². The van der Waals surface area contributed by atoms with Crippen molar-refractivity contribution in [1.29, 1.82) is 0 Å². The van der Waals surface area contributed by atoms with Crippen molar-refractivity contribution in [1.82, 2.24) is 10.2 Å². The van der Waals surface area contributed by atoms with Gasteiger partial charge in [-0.3, -0.25) is 19.5 Å². The molecule has 0 spiro atoms. The first kappa shape index (κ1) is 24.4. The third-order valence-corrected chi connectivity index (χ3v) is 6.52. The third-order valence-electron chi connectivity index (χ3n) is 6.52. The Balaban J connectivity index is 1.60. The van der Waals surface area contributed by atoms with Gasteiger partial charge in [-0.25, -0.2) is 4.79 Å². The van der Waals surface area contributed by atoms with Gasteiger partial charge in [0.25, 0.3) is 5.91 Å². The Hall–Kier alpha value is -3.68. The Morgan fingerprint density at radius 2 is 1.71 bits per heavy atom. The Bertz CT molecular complexity index is 1150. The molecule has 0 saturated carbocycles. The maximum Gasteiger partial charge on any atom is 0.321 e. The minimum atomic E-state index is -1.15. The minimum absolute atomic E-state index is 0.0861. The molecule has 8 nitrogen and oxygen atoms in total. The predicted molar refractivity (Wildman–Crippen MR) is 138 cm³/mol. The summed E-state index contributed by atoms with van der Waals surface area (Å²) in [6, 6.07) is 12.6. The van der Waals surface area contributed by atoms with E-state index < -0.39 is 18.1 Å². The van der Waals surface area contributed by atoms with Crippen LogP contribution in [0.15, 0.2) is 47.5 Å². The fraction of sp³-hybridized carbons (Fsp3) is 0.407. The number of hydrogen-bond donors (Lipinski definition) is 2. The quantitative estimate of drug-likeness (QED) is 0.700. The molecular weight excluding hydrogens is 442 g/mol. The lowest BCUT2D eigenvalue weighted by atomic mass is 10.0. The number of fused-ring (bicyclic) bond motifs is 1. The molecule has 2 aromatic rings. The second-order valence-corrected chi connectivity index (χ2v) is 9.28. The number of nitrogens with zero attached hydrogens (tertiary/aromatic N) is 3. The molecule has 0 aliphatic carbocycles. The number of amides is 4. The molecule has 2 aliphatic heterocycles. The number of para-hydroxylation sites is 1. The minimum Gasteiger partial charge on any atom is -0.341 e. The fourth-order valence-electron chi connectivity index (χ4n) is 4.71. The Labute approximate surface area is 206 Å². The number of likely N-dealkylation sites (tertiary alicyclic amines) is 1. The lowest BCUT2D eigenvalue weighted by Gasteiger charge is -2.29. The van der Waals surface area contributed by atoms with Crippen LogP contribution in [0.3, 0.4) is 0 Å². The van der Waals surface area contributed by atoms with Crippen molar-refractivity contribution in [2.45, 2.75) is 52.6 Å². The summed E-state index contributed by atoms with van der Waals surface area (Å²) in [5.41, 5.74) is 4.58. The van der Waals surface area contributed by atoms with Crippen LogP contribution in [0.4, 0.5) is 16.2 Å². The average molecular weight is 476 g/mol. The summed E-state index contributed by atoms with van der Waals surface area (Å²) in [6.07, 6.45) is 3.03. The van der Waals surface area contributed by atoms with Crippen LogP contribution in [-0.4, -0.2) is 54.3 Å². The van der Waals surface area contributed by atoms with Gasteiger partial charge in [0.05, 0.1) is 5.69 Å². The highest BCUT2D eigenvalue weighted by Crippen LogP contribution is 2.29. The monoisotopic (exact) mass is 475 g/mol. The molecule has 0 aromatic heterocycles. The maximum absolute atomic E-state index is 13.7.